The first-order valence-electron chi connectivity index (χ1n) is 12.5. The molecule has 1 aliphatic rings. The highest BCUT2D eigenvalue weighted by molar-refractivity contribution is 7.19. The van der Waals surface area contributed by atoms with E-state index in [2.05, 4.69) is 39.6 Å². The van der Waals surface area contributed by atoms with Crippen molar-refractivity contribution >= 4 is 40.7 Å². The van der Waals surface area contributed by atoms with Gasteiger partial charge in [-0.25, -0.2) is 0 Å². The first kappa shape index (κ1) is 27.8. The first-order chi connectivity index (χ1) is 18.2. The van der Waals surface area contributed by atoms with Gasteiger partial charge in [0.05, 0.1) is 22.4 Å². The molecule has 2 amide bonds. The van der Waals surface area contributed by atoms with Crippen molar-refractivity contribution in [3.8, 4) is 10.6 Å². The number of hydrogen-bond donors (Lipinski definition) is 2. The van der Waals surface area contributed by atoms with Crippen LogP contribution < -0.4 is 10.6 Å². The van der Waals surface area contributed by atoms with E-state index in [0.717, 1.165) is 30.8 Å². The molecule has 0 radical (unpaired) electrons. The third-order valence-corrected chi connectivity index (χ3v) is 7.47. The molecule has 4 rings (SSSR count). The summed E-state index contributed by atoms with van der Waals surface area (Å²) in [5.41, 5.74) is 0.731. The molecule has 0 aromatic carbocycles. The number of aromatic nitrogens is 3. The Morgan fingerprint density at radius 3 is 2.63 bits per heavy atom. The highest BCUT2D eigenvalue weighted by atomic mass is 35.5. The Bertz CT molecular complexity index is 1280. The molecule has 0 spiro atoms. The largest absolute Gasteiger partial charge is 0.465 e. The fourth-order valence-electron chi connectivity index (χ4n) is 4.21. The van der Waals surface area contributed by atoms with Gasteiger partial charge in [0, 0.05) is 37.3 Å². The lowest BCUT2D eigenvalue weighted by molar-refractivity contribution is -0.141. The van der Waals surface area contributed by atoms with Crippen LogP contribution >= 0.6 is 22.9 Å². The average Bonchev–Trinajstić information content (AvgIpc) is 3.63. The van der Waals surface area contributed by atoms with Crippen LogP contribution in [0, 0.1) is 0 Å². The molecule has 11 nitrogen and oxygen atoms in total. The molecule has 3 aromatic rings. The highest BCUT2D eigenvalue weighted by Gasteiger charge is 2.26. The van der Waals surface area contributed by atoms with Gasteiger partial charge in [-0.1, -0.05) is 16.8 Å². The summed E-state index contributed by atoms with van der Waals surface area (Å²) in [6.45, 7) is 7.81. The van der Waals surface area contributed by atoms with E-state index < -0.39 is 11.9 Å². The molecule has 0 aliphatic carbocycles. The van der Waals surface area contributed by atoms with E-state index in [1.165, 1.54) is 22.1 Å². The number of amides is 2. The number of halogens is 1. The zero-order valence-corrected chi connectivity index (χ0v) is 23.1. The molecule has 1 aliphatic heterocycles. The molecule has 0 saturated carbocycles. The third-order valence-electron chi connectivity index (χ3n) is 6.23. The Kier molecular flexibility index (Phi) is 9.18. The molecule has 3 aromatic heterocycles. The van der Waals surface area contributed by atoms with Crippen LogP contribution in [0.5, 0.6) is 0 Å². The van der Waals surface area contributed by atoms with Crippen LogP contribution in [0.3, 0.4) is 0 Å². The summed E-state index contributed by atoms with van der Waals surface area (Å²) in [6.07, 6.45) is 1.67. The van der Waals surface area contributed by atoms with Crippen molar-refractivity contribution in [2.24, 2.45) is 0 Å². The summed E-state index contributed by atoms with van der Waals surface area (Å²) in [4.78, 5) is 40.9. The molecule has 1 saturated heterocycles. The Morgan fingerprint density at radius 1 is 1.21 bits per heavy atom. The van der Waals surface area contributed by atoms with E-state index in [0.29, 0.717) is 21.8 Å². The molecule has 204 valence electrons. The Morgan fingerprint density at radius 2 is 1.97 bits per heavy atom. The zero-order valence-electron chi connectivity index (χ0n) is 21.5. The molecule has 0 bridgehead atoms. The minimum atomic E-state index is -0.592. The van der Waals surface area contributed by atoms with Gasteiger partial charge in [-0.05, 0) is 45.7 Å². The van der Waals surface area contributed by atoms with Crippen molar-refractivity contribution in [1.29, 1.82) is 0 Å². The Hall–Kier alpha value is -3.22. The number of carbonyl (C=O) groups is 3. The lowest BCUT2D eigenvalue weighted by Crippen LogP contribution is -2.46. The van der Waals surface area contributed by atoms with Crippen molar-refractivity contribution in [1.82, 2.24) is 30.5 Å². The number of piperidine rings is 1. The van der Waals surface area contributed by atoms with Gasteiger partial charge in [-0.15, -0.1) is 11.3 Å². The zero-order chi connectivity index (χ0) is 27.2. The predicted octanol–water partition coefficient (Wildman–Crippen LogP) is 3.20. The topological polar surface area (TPSA) is 132 Å². The fraction of sp³-hybridized carbons (Fsp3) is 0.480. The standard InChI is InChI=1S/C25H31ClN6O5S/c1-4-36-23(33)13-27-24(34)18-12-19(25(35)28-16-7-9-31(10-8-16)15(2)3)32(29-18)14-17-11-20(37-30-17)21-5-6-22(26)38-21/h5-6,11-12,15-16H,4,7-10,13-14H2,1-3H3,(H,27,34)(H,28,35). The van der Waals surface area contributed by atoms with Crippen LogP contribution in [0.1, 0.15) is 60.3 Å². The molecule has 38 heavy (non-hydrogen) atoms. The van der Waals surface area contributed by atoms with Crippen LogP contribution in [0.15, 0.2) is 28.8 Å². The SMILES string of the molecule is CCOC(=O)CNC(=O)c1cc(C(=O)NC2CCN(C(C)C)CC2)n(Cc2cc(-c3ccc(Cl)s3)on2)n1. The smallest absolute Gasteiger partial charge is 0.325 e. The maximum Gasteiger partial charge on any atom is 0.325 e. The van der Waals surface area contributed by atoms with Crippen LogP contribution in [0.4, 0.5) is 0 Å². The summed E-state index contributed by atoms with van der Waals surface area (Å²) in [6, 6.07) is 7.24. The molecule has 0 unspecified atom stereocenters. The molecule has 2 N–H and O–H groups in total. The van der Waals surface area contributed by atoms with Crippen molar-refractivity contribution < 1.29 is 23.6 Å². The monoisotopic (exact) mass is 562 g/mol. The van der Waals surface area contributed by atoms with Gasteiger partial charge in [-0.3, -0.25) is 19.1 Å². The maximum absolute atomic E-state index is 13.3. The second-order valence-corrected chi connectivity index (χ2v) is 10.9. The molecule has 0 atom stereocenters. The van der Waals surface area contributed by atoms with Crippen molar-refractivity contribution in [2.75, 3.05) is 26.2 Å². The van der Waals surface area contributed by atoms with E-state index in [1.807, 2.05) is 6.07 Å². The minimum Gasteiger partial charge on any atom is -0.465 e. The Balaban J connectivity index is 1.51. The molecule has 1 fully saturated rings. The van der Waals surface area contributed by atoms with Gasteiger partial charge >= 0.3 is 5.97 Å². The van der Waals surface area contributed by atoms with Crippen LogP contribution in [0.25, 0.3) is 10.6 Å². The molecule has 4 heterocycles. The summed E-state index contributed by atoms with van der Waals surface area (Å²) in [7, 11) is 0. The third kappa shape index (κ3) is 7.00. The van der Waals surface area contributed by atoms with Crippen molar-refractivity contribution in [2.45, 2.75) is 52.2 Å². The van der Waals surface area contributed by atoms with E-state index >= 15 is 0 Å². The summed E-state index contributed by atoms with van der Waals surface area (Å²) >= 11 is 7.39. The van der Waals surface area contributed by atoms with Gasteiger partial charge in [0.25, 0.3) is 11.8 Å². The lowest BCUT2D eigenvalue weighted by Gasteiger charge is -2.34. The summed E-state index contributed by atoms with van der Waals surface area (Å²) < 4.78 is 12.3. The normalized spacial score (nSPS) is 14.6. The minimum absolute atomic E-state index is 0.00262. The number of hydrogen-bond acceptors (Lipinski definition) is 9. The van der Waals surface area contributed by atoms with Crippen LogP contribution in [-0.4, -0.2) is 75.9 Å². The number of ether oxygens (including phenoxy) is 1. The molecule has 13 heteroatoms. The quantitative estimate of drug-likeness (QED) is 0.360. The van der Waals surface area contributed by atoms with Gasteiger partial charge in [0.2, 0.25) is 0 Å². The number of esters is 1. The summed E-state index contributed by atoms with van der Waals surface area (Å²) in [5.74, 6) is -0.946. The van der Waals surface area contributed by atoms with E-state index in [9.17, 15) is 14.4 Å². The van der Waals surface area contributed by atoms with E-state index in [4.69, 9.17) is 20.9 Å². The number of thiophene rings is 1. The lowest BCUT2D eigenvalue weighted by atomic mass is 10.0. The number of rotatable bonds is 10. The first-order valence-corrected chi connectivity index (χ1v) is 13.7. The Labute approximate surface area is 229 Å². The second-order valence-electron chi connectivity index (χ2n) is 9.22. The molecular weight excluding hydrogens is 532 g/mol. The number of nitrogens with zero attached hydrogens (tertiary/aromatic N) is 4. The van der Waals surface area contributed by atoms with Gasteiger partial charge in [0.1, 0.15) is 17.9 Å². The van der Waals surface area contributed by atoms with E-state index in [1.54, 1.807) is 19.1 Å². The summed E-state index contributed by atoms with van der Waals surface area (Å²) in [5, 5.41) is 14.0. The fourth-order valence-corrected chi connectivity index (χ4v) is 5.20. The van der Waals surface area contributed by atoms with Crippen LogP contribution in [-0.2, 0) is 16.1 Å². The number of carbonyl (C=O) groups excluding carboxylic acids is 3. The van der Waals surface area contributed by atoms with Crippen molar-refractivity contribution in [3.05, 3.63) is 45.7 Å². The second kappa shape index (κ2) is 12.5. The van der Waals surface area contributed by atoms with Crippen molar-refractivity contribution in [3.63, 3.8) is 0 Å². The number of likely N-dealkylation sites (tertiary alicyclic amines) is 1. The van der Waals surface area contributed by atoms with Gasteiger partial charge in [-0.2, -0.15) is 5.10 Å². The average molecular weight is 563 g/mol. The maximum atomic E-state index is 13.3. The highest BCUT2D eigenvalue weighted by Crippen LogP contribution is 2.31. The molecular formula is C25H31ClN6O5S. The van der Waals surface area contributed by atoms with E-state index in [-0.39, 0.29) is 43.0 Å². The van der Waals surface area contributed by atoms with Gasteiger partial charge < -0.3 is 24.8 Å². The predicted molar refractivity (Wildman–Crippen MR) is 142 cm³/mol. The number of nitrogens with one attached hydrogen (secondary N) is 2. The van der Waals surface area contributed by atoms with Crippen LogP contribution in [0.2, 0.25) is 4.34 Å². The van der Waals surface area contributed by atoms with Gasteiger partial charge in [0.15, 0.2) is 11.5 Å².